The molecule has 0 aliphatic carbocycles. The third-order valence-electron chi connectivity index (χ3n) is 4.21. The van der Waals surface area contributed by atoms with Crippen molar-refractivity contribution in [1.82, 2.24) is 20.2 Å². The lowest BCUT2D eigenvalue weighted by Crippen LogP contribution is -2.32. The van der Waals surface area contributed by atoms with Crippen molar-refractivity contribution in [3.05, 3.63) is 74.7 Å². The standard InChI is InChI=1S/C20H19BrN4O3/c1-25(12-17-23-16-5-3-2-4-15(16)20(28)24-17)18(26)10-11-22-19(27)13-6-8-14(21)9-7-13/h2-9H,10-12H2,1H3,(H,22,27)(H,23,24,28). The van der Waals surface area contributed by atoms with Crippen LogP contribution in [0.25, 0.3) is 10.9 Å². The number of rotatable bonds is 6. The molecule has 0 saturated heterocycles. The third-order valence-corrected chi connectivity index (χ3v) is 4.73. The van der Waals surface area contributed by atoms with Crippen molar-refractivity contribution in [3.63, 3.8) is 0 Å². The first-order valence-electron chi connectivity index (χ1n) is 8.69. The molecule has 0 spiro atoms. The minimum Gasteiger partial charge on any atom is -0.352 e. The van der Waals surface area contributed by atoms with Gasteiger partial charge in [0.15, 0.2) is 0 Å². The molecule has 0 unspecified atom stereocenters. The summed E-state index contributed by atoms with van der Waals surface area (Å²) in [5.74, 6) is 0.0221. The monoisotopic (exact) mass is 442 g/mol. The highest BCUT2D eigenvalue weighted by Crippen LogP contribution is 2.10. The van der Waals surface area contributed by atoms with E-state index in [0.717, 1.165) is 4.47 Å². The lowest BCUT2D eigenvalue weighted by atomic mass is 10.2. The topological polar surface area (TPSA) is 95.2 Å². The Hall–Kier alpha value is -3.00. The van der Waals surface area contributed by atoms with Crippen LogP contribution in [0.2, 0.25) is 0 Å². The molecule has 0 atom stereocenters. The van der Waals surface area contributed by atoms with E-state index in [4.69, 9.17) is 0 Å². The van der Waals surface area contributed by atoms with Crippen molar-refractivity contribution >= 4 is 38.6 Å². The van der Waals surface area contributed by atoms with Crippen LogP contribution in [0.4, 0.5) is 0 Å². The first-order valence-corrected chi connectivity index (χ1v) is 9.49. The van der Waals surface area contributed by atoms with Gasteiger partial charge in [0.25, 0.3) is 11.5 Å². The van der Waals surface area contributed by atoms with Gasteiger partial charge < -0.3 is 15.2 Å². The highest BCUT2D eigenvalue weighted by atomic mass is 79.9. The summed E-state index contributed by atoms with van der Waals surface area (Å²) in [7, 11) is 1.63. The fourth-order valence-corrected chi connectivity index (χ4v) is 2.96. The van der Waals surface area contributed by atoms with Crippen molar-refractivity contribution < 1.29 is 9.59 Å². The summed E-state index contributed by atoms with van der Waals surface area (Å²) in [5.41, 5.74) is 0.883. The first-order chi connectivity index (χ1) is 13.4. The molecule has 0 saturated carbocycles. The Bertz CT molecular complexity index is 1060. The van der Waals surface area contributed by atoms with Crippen LogP contribution < -0.4 is 10.9 Å². The molecule has 0 aliphatic rings. The zero-order valence-corrected chi connectivity index (χ0v) is 16.8. The molecule has 0 bridgehead atoms. The fourth-order valence-electron chi connectivity index (χ4n) is 2.70. The summed E-state index contributed by atoms with van der Waals surface area (Å²) in [4.78, 5) is 45.0. The molecule has 2 amide bonds. The van der Waals surface area contributed by atoms with Gasteiger partial charge in [0.05, 0.1) is 17.4 Å². The summed E-state index contributed by atoms with van der Waals surface area (Å²) in [6, 6.07) is 14.0. The lowest BCUT2D eigenvalue weighted by Gasteiger charge is -2.17. The smallest absolute Gasteiger partial charge is 0.258 e. The Morgan fingerprint density at radius 2 is 1.86 bits per heavy atom. The number of halogens is 1. The van der Waals surface area contributed by atoms with Crippen LogP contribution in [0, 0.1) is 0 Å². The summed E-state index contributed by atoms with van der Waals surface area (Å²) >= 11 is 3.32. The maximum Gasteiger partial charge on any atom is 0.258 e. The van der Waals surface area contributed by atoms with Crippen LogP contribution >= 0.6 is 15.9 Å². The highest BCUT2D eigenvalue weighted by Gasteiger charge is 2.13. The van der Waals surface area contributed by atoms with E-state index in [2.05, 4.69) is 31.2 Å². The number of para-hydroxylation sites is 1. The quantitative estimate of drug-likeness (QED) is 0.612. The molecule has 2 aromatic carbocycles. The molecule has 7 nitrogen and oxygen atoms in total. The zero-order valence-electron chi connectivity index (χ0n) is 15.2. The summed E-state index contributed by atoms with van der Waals surface area (Å²) in [6.07, 6.45) is 0.149. The van der Waals surface area contributed by atoms with E-state index in [1.165, 1.54) is 4.90 Å². The normalized spacial score (nSPS) is 10.6. The number of aromatic nitrogens is 2. The van der Waals surface area contributed by atoms with Gasteiger partial charge in [0.1, 0.15) is 5.82 Å². The number of carbonyl (C=O) groups is 2. The lowest BCUT2D eigenvalue weighted by molar-refractivity contribution is -0.130. The van der Waals surface area contributed by atoms with Crippen molar-refractivity contribution in [2.45, 2.75) is 13.0 Å². The van der Waals surface area contributed by atoms with E-state index in [9.17, 15) is 14.4 Å². The second-order valence-electron chi connectivity index (χ2n) is 6.29. The van der Waals surface area contributed by atoms with Crippen molar-refractivity contribution in [2.24, 2.45) is 0 Å². The molecule has 0 aliphatic heterocycles. The Balaban J connectivity index is 1.54. The van der Waals surface area contributed by atoms with E-state index in [1.54, 1.807) is 49.5 Å². The molecule has 1 aromatic heterocycles. The van der Waals surface area contributed by atoms with Gasteiger partial charge in [-0.3, -0.25) is 14.4 Å². The molecule has 0 radical (unpaired) electrons. The zero-order chi connectivity index (χ0) is 20.1. The molecular formula is C20H19BrN4O3. The first kappa shape index (κ1) is 19.8. The molecule has 28 heavy (non-hydrogen) atoms. The molecular weight excluding hydrogens is 424 g/mol. The number of carbonyl (C=O) groups excluding carboxylic acids is 2. The van der Waals surface area contributed by atoms with Gasteiger partial charge >= 0.3 is 0 Å². The SMILES string of the molecule is CN(Cc1nc2ccccc2c(=O)[nH]1)C(=O)CCNC(=O)c1ccc(Br)cc1. The number of H-pyrrole nitrogens is 1. The minimum absolute atomic E-state index is 0.149. The van der Waals surface area contributed by atoms with Gasteiger partial charge in [0.2, 0.25) is 5.91 Å². The number of hydrogen-bond donors (Lipinski definition) is 2. The van der Waals surface area contributed by atoms with Crippen LogP contribution in [-0.2, 0) is 11.3 Å². The van der Waals surface area contributed by atoms with Gasteiger partial charge in [-0.15, -0.1) is 0 Å². The average Bonchev–Trinajstić information content (AvgIpc) is 2.68. The molecule has 8 heteroatoms. The highest BCUT2D eigenvalue weighted by molar-refractivity contribution is 9.10. The molecule has 1 heterocycles. The van der Waals surface area contributed by atoms with Crippen LogP contribution in [0.3, 0.4) is 0 Å². The van der Waals surface area contributed by atoms with E-state index in [-0.39, 0.29) is 36.9 Å². The number of amides is 2. The van der Waals surface area contributed by atoms with E-state index >= 15 is 0 Å². The predicted octanol–water partition coefficient (Wildman–Crippen LogP) is 2.46. The van der Waals surface area contributed by atoms with Gasteiger partial charge in [-0.1, -0.05) is 28.1 Å². The van der Waals surface area contributed by atoms with Crippen LogP contribution in [-0.4, -0.2) is 40.3 Å². The molecule has 3 aromatic rings. The van der Waals surface area contributed by atoms with Crippen molar-refractivity contribution in [2.75, 3.05) is 13.6 Å². The number of fused-ring (bicyclic) bond motifs is 1. The van der Waals surface area contributed by atoms with Gasteiger partial charge in [-0.2, -0.15) is 0 Å². The van der Waals surface area contributed by atoms with Gasteiger partial charge in [-0.25, -0.2) is 4.98 Å². The Labute approximate surface area is 169 Å². The third kappa shape index (κ3) is 4.83. The minimum atomic E-state index is -0.233. The van der Waals surface area contributed by atoms with E-state index in [0.29, 0.717) is 22.3 Å². The summed E-state index contributed by atoms with van der Waals surface area (Å²) in [6.45, 7) is 0.402. The summed E-state index contributed by atoms with van der Waals surface area (Å²) in [5, 5.41) is 3.24. The Kier molecular flexibility index (Phi) is 6.20. The van der Waals surface area contributed by atoms with Crippen LogP contribution in [0.1, 0.15) is 22.6 Å². The maximum atomic E-state index is 12.3. The van der Waals surface area contributed by atoms with E-state index in [1.807, 2.05) is 6.07 Å². The Morgan fingerprint density at radius 1 is 1.14 bits per heavy atom. The second kappa shape index (κ2) is 8.79. The molecule has 3 rings (SSSR count). The largest absolute Gasteiger partial charge is 0.352 e. The predicted molar refractivity (Wildman–Crippen MR) is 110 cm³/mol. The second-order valence-corrected chi connectivity index (χ2v) is 7.21. The fraction of sp³-hybridized carbons (Fsp3) is 0.200. The molecule has 0 fully saturated rings. The van der Waals surface area contributed by atoms with Crippen LogP contribution in [0.15, 0.2) is 57.8 Å². The number of aromatic amines is 1. The number of nitrogens with one attached hydrogen (secondary N) is 2. The Morgan fingerprint density at radius 3 is 2.61 bits per heavy atom. The van der Waals surface area contributed by atoms with Gasteiger partial charge in [0, 0.05) is 30.0 Å². The number of hydrogen-bond acceptors (Lipinski definition) is 4. The molecule has 2 N–H and O–H groups in total. The van der Waals surface area contributed by atoms with Crippen molar-refractivity contribution in [1.29, 1.82) is 0 Å². The molecule has 144 valence electrons. The van der Waals surface area contributed by atoms with Crippen molar-refractivity contribution in [3.8, 4) is 0 Å². The number of nitrogens with zero attached hydrogens (tertiary/aromatic N) is 2. The number of benzene rings is 2. The van der Waals surface area contributed by atoms with E-state index < -0.39 is 0 Å². The maximum absolute atomic E-state index is 12.3. The average molecular weight is 443 g/mol. The van der Waals surface area contributed by atoms with Crippen LogP contribution in [0.5, 0.6) is 0 Å². The van der Waals surface area contributed by atoms with Gasteiger partial charge in [-0.05, 0) is 36.4 Å². The summed E-state index contributed by atoms with van der Waals surface area (Å²) < 4.78 is 0.890.